The smallest absolute Gasteiger partial charge is 0.210 e. The predicted octanol–water partition coefficient (Wildman–Crippen LogP) is -0.630. The van der Waals surface area contributed by atoms with E-state index in [0.29, 0.717) is 30.4 Å². The van der Waals surface area contributed by atoms with Crippen LogP contribution in [0.15, 0.2) is 46.6 Å². The van der Waals surface area contributed by atoms with Gasteiger partial charge in [0.2, 0.25) is 5.95 Å². The van der Waals surface area contributed by atoms with E-state index in [2.05, 4.69) is 19.9 Å². The second-order valence-corrected chi connectivity index (χ2v) is 11.1. The van der Waals surface area contributed by atoms with Crippen molar-refractivity contribution in [2.24, 2.45) is 11.1 Å². The average Bonchev–Trinajstić information content (AvgIpc) is 3.41. The molecule has 1 fully saturated rings. The van der Waals surface area contributed by atoms with E-state index in [1.54, 1.807) is 12.4 Å². The maximum Gasteiger partial charge on any atom is 0.210 e. The molecular weight excluding hydrogens is 493 g/mol. The zero-order chi connectivity index (χ0) is 25.2. The minimum atomic E-state index is -1.39. The molecule has 36 heavy (non-hydrogen) atoms. The second kappa shape index (κ2) is 8.37. The highest BCUT2D eigenvalue weighted by Gasteiger charge is 2.56. The van der Waals surface area contributed by atoms with Crippen LogP contribution in [0.25, 0.3) is 5.65 Å². The molecule has 5 N–H and O–H groups in total. The van der Waals surface area contributed by atoms with Crippen molar-refractivity contribution in [3.05, 3.63) is 53.1 Å². The minimum absolute atomic E-state index is 0.312. The molecule has 1 saturated heterocycles. The Morgan fingerprint density at radius 1 is 1.14 bits per heavy atom. The standard InChI is InChI=1S/C23H25B2ClN8OS/c24-15-10-14(16(26)19(27)31-15)36-17-18(25)32-21(34-9-6-30-20(17)34)33-7-3-22(4-8-33)11-13-12(23(22,28)35)2-1-5-29-13/h1-2,5-6,9-10,35H,3-4,7-8,11,24-25,28H2,(H2,27,31). The number of imidazole rings is 1. The van der Waals surface area contributed by atoms with Crippen LogP contribution < -0.4 is 27.6 Å². The van der Waals surface area contributed by atoms with E-state index >= 15 is 0 Å². The summed E-state index contributed by atoms with van der Waals surface area (Å²) < 4.78 is 2.01. The molecule has 0 bridgehead atoms. The number of anilines is 2. The first-order chi connectivity index (χ1) is 17.2. The Bertz CT molecular complexity index is 1510. The third kappa shape index (κ3) is 3.50. The minimum Gasteiger partial charge on any atom is -0.382 e. The monoisotopic (exact) mass is 518 g/mol. The Balaban J connectivity index is 1.31. The molecule has 4 aromatic rings. The lowest BCUT2D eigenvalue weighted by Crippen LogP contribution is -2.55. The summed E-state index contributed by atoms with van der Waals surface area (Å²) in [4.78, 5) is 22.3. The number of pyridine rings is 2. The third-order valence-electron chi connectivity index (χ3n) is 7.56. The van der Waals surface area contributed by atoms with Crippen molar-refractivity contribution in [3.8, 4) is 0 Å². The summed E-state index contributed by atoms with van der Waals surface area (Å²) in [6.45, 7) is 1.43. The largest absolute Gasteiger partial charge is 0.382 e. The van der Waals surface area contributed by atoms with Gasteiger partial charge in [-0.2, -0.15) is 0 Å². The Labute approximate surface area is 219 Å². The Morgan fingerprint density at radius 3 is 2.67 bits per heavy atom. The van der Waals surface area contributed by atoms with Crippen molar-refractivity contribution in [2.75, 3.05) is 23.7 Å². The van der Waals surface area contributed by atoms with Gasteiger partial charge in [-0.25, -0.2) is 15.0 Å². The zero-order valence-corrected chi connectivity index (χ0v) is 21.6. The van der Waals surface area contributed by atoms with Crippen LogP contribution in [0.3, 0.4) is 0 Å². The van der Waals surface area contributed by atoms with Crippen molar-refractivity contribution in [1.29, 1.82) is 0 Å². The molecule has 13 heteroatoms. The fraction of sp³-hybridized carbons (Fsp3) is 0.304. The van der Waals surface area contributed by atoms with Gasteiger partial charge in [-0.3, -0.25) is 15.1 Å². The number of nitrogen functional groups attached to an aromatic ring is 1. The number of halogens is 1. The summed E-state index contributed by atoms with van der Waals surface area (Å²) in [6, 6.07) is 5.65. The summed E-state index contributed by atoms with van der Waals surface area (Å²) in [5.41, 5.74) is 14.8. The van der Waals surface area contributed by atoms with Crippen LogP contribution in [0.4, 0.5) is 11.8 Å². The second-order valence-electron chi connectivity index (χ2n) is 9.72. The highest BCUT2D eigenvalue weighted by atomic mass is 35.5. The molecule has 0 amide bonds. The lowest BCUT2D eigenvalue weighted by Gasteiger charge is -2.46. The first kappa shape index (κ1) is 23.6. The molecule has 9 nitrogen and oxygen atoms in total. The van der Waals surface area contributed by atoms with Gasteiger partial charge < -0.3 is 15.7 Å². The van der Waals surface area contributed by atoms with Crippen LogP contribution in [0.5, 0.6) is 0 Å². The number of fused-ring (bicyclic) bond motifs is 2. The number of nitrogens with two attached hydrogens (primary N) is 2. The van der Waals surface area contributed by atoms with Crippen LogP contribution >= 0.6 is 23.4 Å². The van der Waals surface area contributed by atoms with Crippen LogP contribution in [0.1, 0.15) is 24.1 Å². The molecule has 5 heterocycles. The van der Waals surface area contributed by atoms with E-state index in [9.17, 15) is 5.11 Å². The summed E-state index contributed by atoms with van der Waals surface area (Å²) in [6.07, 6.45) is 7.61. The summed E-state index contributed by atoms with van der Waals surface area (Å²) in [7, 11) is 3.87. The molecule has 1 spiro atoms. The van der Waals surface area contributed by atoms with Gasteiger partial charge in [0.05, 0.1) is 9.92 Å². The molecule has 1 aliphatic heterocycles. The highest BCUT2D eigenvalue weighted by molar-refractivity contribution is 7.99. The fourth-order valence-corrected chi connectivity index (χ4v) is 6.88. The van der Waals surface area contributed by atoms with Crippen LogP contribution in [-0.4, -0.2) is 58.2 Å². The van der Waals surface area contributed by atoms with Crippen molar-refractivity contribution < 1.29 is 5.11 Å². The Morgan fingerprint density at radius 2 is 1.92 bits per heavy atom. The topological polar surface area (TPSA) is 131 Å². The first-order valence-corrected chi connectivity index (χ1v) is 13.0. The van der Waals surface area contributed by atoms with Crippen molar-refractivity contribution in [3.63, 3.8) is 0 Å². The van der Waals surface area contributed by atoms with Gasteiger partial charge in [-0.05, 0) is 30.6 Å². The first-order valence-electron chi connectivity index (χ1n) is 11.8. The molecule has 2 aliphatic rings. The number of aromatic nitrogens is 5. The van der Waals surface area contributed by atoms with Gasteiger partial charge in [0, 0.05) is 65.3 Å². The SMILES string of the molecule is Bc1cc(Sc2c(B)nc(N3CCC4(CC3)Cc3ncccc3C4(N)O)n3ccnc23)c(Cl)c(N)n1. The summed E-state index contributed by atoms with van der Waals surface area (Å²) >= 11 is 7.96. The van der Waals surface area contributed by atoms with Crippen molar-refractivity contribution in [2.45, 2.75) is 34.8 Å². The molecule has 0 saturated carbocycles. The quantitative estimate of drug-likeness (QED) is 0.240. The zero-order valence-electron chi connectivity index (χ0n) is 20.1. The van der Waals surface area contributed by atoms with Crippen LogP contribution in [0, 0.1) is 5.41 Å². The van der Waals surface area contributed by atoms with Gasteiger partial charge >= 0.3 is 0 Å². The van der Waals surface area contributed by atoms with E-state index < -0.39 is 11.1 Å². The fourth-order valence-electron chi connectivity index (χ4n) is 5.59. The summed E-state index contributed by atoms with van der Waals surface area (Å²) in [5.74, 6) is 1.14. The maximum absolute atomic E-state index is 11.4. The van der Waals surface area contributed by atoms with E-state index in [0.717, 1.165) is 56.7 Å². The number of hydrogen-bond donors (Lipinski definition) is 3. The van der Waals surface area contributed by atoms with Crippen molar-refractivity contribution in [1.82, 2.24) is 24.3 Å². The Kier molecular flexibility index (Phi) is 5.49. The molecule has 6 rings (SSSR count). The lowest BCUT2D eigenvalue weighted by molar-refractivity contribution is -0.0868. The van der Waals surface area contributed by atoms with Gasteiger partial charge in [0.1, 0.15) is 11.5 Å². The van der Waals surface area contributed by atoms with E-state index in [-0.39, 0.29) is 0 Å². The number of hydrogen-bond acceptors (Lipinski definition) is 9. The summed E-state index contributed by atoms with van der Waals surface area (Å²) in [5, 5.41) is 11.8. The van der Waals surface area contributed by atoms with E-state index in [1.165, 1.54) is 11.8 Å². The van der Waals surface area contributed by atoms with Crippen LogP contribution in [-0.2, 0) is 12.1 Å². The molecule has 0 aromatic carbocycles. The number of nitrogens with zero attached hydrogens (tertiary/aromatic N) is 6. The highest BCUT2D eigenvalue weighted by Crippen LogP contribution is 2.52. The maximum atomic E-state index is 11.4. The van der Waals surface area contributed by atoms with Crippen molar-refractivity contribution >= 4 is 67.7 Å². The normalized spacial score (nSPS) is 20.8. The molecule has 0 radical (unpaired) electrons. The molecule has 4 aromatic heterocycles. The van der Waals surface area contributed by atoms with Gasteiger partial charge in [-0.15, -0.1) is 0 Å². The van der Waals surface area contributed by atoms with Gasteiger partial charge in [-0.1, -0.05) is 29.4 Å². The lowest BCUT2D eigenvalue weighted by atomic mass is 9.71. The van der Waals surface area contributed by atoms with E-state index in [1.807, 2.05) is 44.5 Å². The van der Waals surface area contributed by atoms with Gasteiger partial charge in [0.25, 0.3) is 0 Å². The number of piperidine rings is 1. The molecular formula is C23H25B2ClN8OS. The Hall–Kier alpha value is -2.79. The molecule has 182 valence electrons. The van der Waals surface area contributed by atoms with E-state index in [4.69, 9.17) is 28.1 Å². The molecule has 1 unspecified atom stereocenters. The van der Waals surface area contributed by atoms with Crippen LogP contribution in [0.2, 0.25) is 5.02 Å². The number of aliphatic hydroxyl groups is 1. The molecule has 1 aliphatic carbocycles. The number of rotatable bonds is 3. The van der Waals surface area contributed by atoms with Gasteiger partial charge in [0.15, 0.2) is 21.3 Å². The third-order valence-corrected chi connectivity index (χ3v) is 9.30. The average molecular weight is 519 g/mol. The predicted molar refractivity (Wildman–Crippen MR) is 147 cm³/mol. The molecule has 1 atom stereocenters.